The predicted octanol–water partition coefficient (Wildman–Crippen LogP) is 4.36. The Bertz CT molecular complexity index is 996. The van der Waals surface area contributed by atoms with Crippen LogP contribution < -0.4 is 19.5 Å². The minimum absolute atomic E-state index is 0.188. The molecule has 0 fully saturated rings. The van der Waals surface area contributed by atoms with Gasteiger partial charge in [-0.3, -0.25) is 9.48 Å². The molecule has 0 radical (unpaired) electrons. The predicted molar refractivity (Wildman–Crippen MR) is 115 cm³/mol. The lowest BCUT2D eigenvalue weighted by molar-refractivity contribution is 0.102. The second kappa shape index (κ2) is 9.82. The van der Waals surface area contributed by atoms with Crippen LogP contribution in [0.1, 0.15) is 35.5 Å². The van der Waals surface area contributed by atoms with Gasteiger partial charge in [0.15, 0.2) is 11.5 Å². The van der Waals surface area contributed by atoms with Gasteiger partial charge in [-0.2, -0.15) is 5.10 Å². The zero-order valence-corrected chi connectivity index (χ0v) is 17.8. The van der Waals surface area contributed by atoms with Crippen LogP contribution in [0.15, 0.2) is 48.7 Å². The third kappa shape index (κ3) is 5.11. The van der Waals surface area contributed by atoms with Crippen LogP contribution in [0.25, 0.3) is 0 Å². The quantitative estimate of drug-likeness (QED) is 0.568. The SMILES string of the molecule is CCOc1ccc(COc2ccc(NC(=O)c3cnn(C)c3C)cc2)cc1OCC. The van der Waals surface area contributed by atoms with Crippen molar-refractivity contribution in [2.24, 2.45) is 7.05 Å². The van der Waals surface area contributed by atoms with Crippen molar-refractivity contribution in [1.29, 1.82) is 0 Å². The highest BCUT2D eigenvalue weighted by Gasteiger charge is 2.13. The lowest BCUT2D eigenvalue weighted by atomic mass is 10.2. The van der Waals surface area contributed by atoms with Crippen molar-refractivity contribution in [3.8, 4) is 17.2 Å². The zero-order chi connectivity index (χ0) is 21.5. The van der Waals surface area contributed by atoms with Gasteiger partial charge < -0.3 is 19.5 Å². The number of hydrogen-bond acceptors (Lipinski definition) is 5. The van der Waals surface area contributed by atoms with Crippen LogP contribution in [-0.2, 0) is 13.7 Å². The molecule has 0 spiro atoms. The Balaban J connectivity index is 1.60. The average Bonchev–Trinajstić information content (AvgIpc) is 3.08. The summed E-state index contributed by atoms with van der Waals surface area (Å²) in [5.41, 5.74) is 3.04. The first-order chi connectivity index (χ1) is 14.5. The molecule has 0 saturated carbocycles. The zero-order valence-electron chi connectivity index (χ0n) is 17.8. The first-order valence-corrected chi connectivity index (χ1v) is 9.93. The third-order valence-electron chi connectivity index (χ3n) is 4.61. The molecule has 1 heterocycles. The Kier molecular flexibility index (Phi) is 6.95. The fourth-order valence-corrected chi connectivity index (χ4v) is 2.91. The summed E-state index contributed by atoms with van der Waals surface area (Å²) in [5, 5.41) is 6.97. The van der Waals surface area contributed by atoms with E-state index in [0.29, 0.717) is 42.6 Å². The molecule has 0 unspecified atom stereocenters. The highest BCUT2D eigenvalue weighted by molar-refractivity contribution is 6.04. The van der Waals surface area contributed by atoms with Gasteiger partial charge in [-0.05, 0) is 62.7 Å². The normalized spacial score (nSPS) is 10.5. The van der Waals surface area contributed by atoms with Gasteiger partial charge >= 0.3 is 0 Å². The first kappa shape index (κ1) is 21.2. The largest absolute Gasteiger partial charge is 0.490 e. The maximum Gasteiger partial charge on any atom is 0.259 e. The molecular formula is C23H27N3O4. The van der Waals surface area contributed by atoms with Gasteiger partial charge in [0.2, 0.25) is 0 Å². The number of carbonyl (C=O) groups is 1. The summed E-state index contributed by atoms with van der Waals surface area (Å²) in [7, 11) is 1.81. The minimum atomic E-state index is -0.188. The van der Waals surface area contributed by atoms with Crippen LogP contribution in [0, 0.1) is 6.92 Å². The minimum Gasteiger partial charge on any atom is -0.490 e. The van der Waals surface area contributed by atoms with E-state index in [4.69, 9.17) is 14.2 Å². The van der Waals surface area contributed by atoms with Crippen molar-refractivity contribution in [3.63, 3.8) is 0 Å². The summed E-state index contributed by atoms with van der Waals surface area (Å²) in [6, 6.07) is 13.0. The number of carbonyl (C=O) groups excluding carboxylic acids is 1. The van der Waals surface area contributed by atoms with E-state index in [1.54, 1.807) is 17.9 Å². The van der Waals surface area contributed by atoms with Crippen molar-refractivity contribution >= 4 is 11.6 Å². The molecule has 7 heteroatoms. The number of nitrogens with one attached hydrogen (secondary N) is 1. The lowest BCUT2D eigenvalue weighted by Crippen LogP contribution is -2.12. The highest BCUT2D eigenvalue weighted by Crippen LogP contribution is 2.29. The van der Waals surface area contributed by atoms with E-state index in [-0.39, 0.29) is 5.91 Å². The number of hydrogen-bond donors (Lipinski definition) is 1. The Labute approximate surface area is 176 Å². The smallest absolute Gasteiger partial charge is 0.259 e. The monoisotopic (exact) mass is 409 g/mol. The summed E-state index contributed by atoms with van der Waals surface area (Å²) in [4.78, 5) is 12.4. The number of aromatic nitrogens is 2. The standard InChI is InChI=1S/C23H27N3O4/c1-5-28-21-12-7-17(13-22(21)29-6-2)15-30-19-10-8-18(9-11-19)25-23(27)20-14-24-26(4)16(20)3/h7-14H,5-6,15H2,1-4H3,(H,25,27). The Morgan fingerprint density at radius 3 is 2.33 bits per heavy atom. The molecule has 0 bridgehead atoms. The van der Waals surface area contributed by atoms with Crippen molar-refractivity contribution in [2.45, 2.75) is 27.4 Å². The van der Waals surface area contributed by atoms with Crippen LogP contribution in [-0.4, -0.2) is 28.9 Å². The molecule has 3 aromatic rings. The van der Waals surface area contributed by atoms with Crippen LogP contribution >= 0.6 is 0 Å². The van der Waals surface area contributed by atoms with Gasteiger partial charge in [0.25, 0.3) is 5.91 Å². The Morgan fingerprint density at radius 2 is 1.70 bits per heavy atom. The third-order valence-corrected chi connectivity index (χ3v) is 4.61. The molecular weight excluding hydrogens is 382 g/mol. The van der Waals surface area contributed by atoms with E-state index in [2.05, 4.69) is 10.4 Å². The van der Waals surface area contributed by atoms with Gasteiger partial charge in [-0.1, -0.05) is 6.07 Å². The van der Waals surface area contributed by atoms with Crippen LogP contribution in [0.5, 0.6) is 17.2 Å². The van der Waals surface area contributed by atoms with Crippen molar-refractivity contribution in [1.82, 2.24) is 9.78 Å². The molecule has 30 heavy (non-hydrogen) atoms. The van der Waals surface area contributed by atoms with Crippen molar-refractivity contribution < 1.29 is 19.0 Å². The number of anilines is 1. The van der Waals surface area contributed by atoms with E-state index >= 15 is 0 Å². The Morgan fingerprint density at radius 1 is 1.00 bits per heavy atom. The second-order valence-electron chi connectivity index (χ2n) is 6.68. The molecule has 158 valence electrons. The molecule has 1 aromatic heterocycles. The molecule has 0 aliphatic carbocycles. The second-order valence-corrected chi connectivity index (χ2v) is 6.68. The molecule has 1 amide bonds. The van der Waals surface area contributed by atoms with Gasteiger partial charge in [0.05, 0.1) is 25.0 Å². The van der Waals surface area contributed by atoms with Gasteiger partial charge in [-0.25, -0.2) is 0 Å². The molecule has 7 nitrogen and oxygen atoms in total. The molecule has 2 aromatic carbocycles. The molecule has 0 saturated heterocycles. The maximum absolute atomic E-state index is 12.4. The van der Waals surface area contributed by atoms with Crippen LogP contribution in [0.3, 0.4) is 0 Å². The summed E-state index contributed by atoms with van der Waals surface area (Å²) >= 11 is 0. The summed E-state index contributed by atoms with van der Waals surface area (Å²) in [6.45, 7) is 7.28. The maximum atomic E-state index is 12.4. The number of nitrogens with zero attached hydrogens (tertiary/aromatic N) is 2. The highest BCUT2D eigenvalue weighted by atomic mass is 16.5. The van der Waals surface area contributed by atoms with Gasteiger partial charge in [-0.15, -0.1) is 0 Å². The number of rotatable bonds is 9. The van der Waals surface area contributed by atoms with Gasteiger partial charge in [0, 0.05) is 18.4 Å². The van der Waals surface area contributed by atoms with E-state index in [0.717, 1.165) is 17.0 Å². The fraction of sp³-hybridized carbons (Fsp3) is 0.304. The number of ether oxygens (including phenoxy) is 3. The van der Waals surface area contributed by atoms with Crippen molar-refractivity contribution in [3.05, 3.63) is 65.5 Å². The van der Waals surface area contributed by atoms with E-state index in [9.17, 15) is 4.79 Å². The van der Waals surface area contributed by atoms with Gasteiger partial charge in [0.1, 0.15) is 12.4 Å². The van der Waals surface area contributed by atoms with E-state index in [1.165, 1.54) is 0 Å². The van der Waals surface area contributed by atoms with Crippen LogP contribution in [0.4, 0.5) is 5.69 Å². The van der Waals surface area contributed by atoms with E-state index < -0.39 is 0 Å². The topological polar surface area (TPSA) is 74.6 Å². The molecule has 0 aliphatic heterocycles. The van der Waals surface area contributed by atoms with Crippen LogP contribution in [0.2, 0.25) is 0 Å². The lowest BCUT2D eigenvalue weighted by Gasteiger charge is -2.13. The molecule has 0 aliphatic rings. The van der Waals surface area contributed by atoms with Crippen molar-refractivity contribution in [2.75, 3.05) is 18.5 Å². The van der Waals surface area contributed by atoms with E-state index in [1.807, 2.05) is 63.2 Å². The number of benzene rings is 2. The number of amides is 1. The Hall–Kier alpha value is -3.48. The molecule has 1 N–H and O–H groups in total. The number of aryl methyl sites for hydroxylation is 1. The first-order valence-electron chi connectivity index (χ1n) is 9.93. The molecule has 0 atom stereocenters. The summed E-state index contributed by atoms with van der Waals surface area (Å²) < 4.78 is 18.8. The average molecular weight is 409 g/mol. The fourth-order valence-electron chi connectivity index (χ4n) is 2.91. The molecule has 3 rings (SSSR count). The summed E-state index contributed by atoms with van der Waals surface area (Å²) in [6.07, 6.45) is 1.56. The summed E-state index contributed by atoms with van der Waals surface area (Å²) in [5.74, 6) is 1.96.